The fourth-order valence-electron chi connectivity index (χ4n) is 1.50. The van der Waals surface area contributed by atoms with Gasteiger partial charge in [-0.05, 0) is 33.1 Å². The molecule has 2 rings (SSSR count). The lowest BCUT2D eigenvalue weighted by Gasteiger charge is -2.04. The van der Waals surface area contributed by atoms with Gasteiger partial charge in [0.1, 0.15) is 5.82 Å². The number of hydrogen-bond donors (Lipinski definition) is 0. The van der Waals surface area contributed by atoms with E-state index in [9.17, 15) is 4.39 Å². The maximum atomic E-state index is 13.6. The molecule has 0 spiro atoms. The van der Waals surface area contributed by atoms with Crippen LogP contribution in [0.5, 0.6) is 0 Å². The lowest BCUT2D eigenvalue weighted by atomic mass is 10.0. The molecule has 0 saturated carbocycles. The third-order valence-electron chi connectivity index (χ3n) is 2.27. The van der Waals surface area contributed by atoms with Gasteiger partial charge >= 0.3 is 0 Å². The smallest absolute Gasteiger partial charge is 0.140 e. The number of hydrogen-bond acceptors (Lipinski definition) is 0. The Kier molecular flexibility index (Phi) is 3.17. The van der Waals surface area contributed by atoms with E-state index in [4.69, 9.17) is 0 Å². The first-order chi connectivity index (χ1) is 7.27. The zero-order chi connectivity index (χ0) is 10.7. The third-order valence-corrected chi connectivity index (χ3v) is 2.88. The zero-order valence-corrected chi connectivity index (χ0v) is 9.67. The van der Waals surface area contributed by atoms with E-state index < -0.39 is 0 Å². The minimum Gasteiger partial charge on any atom is -0.205 e. The first-order valence-corrected chi connectivity index (χ1v) is 5.53. The summed E-state index contributed by atoms with van der Waals surface area (Å²) >= 11 is 3.18. The molecule has 0 amide bonds. The van der Waals surface area contributed by atoms with Crippen LogP contribution in [0.3, 0.4) is 0 Å². The van der Waals surface area contributed by atoms with Crippen molar-refractivity contribution in [3.05, 3.63) is 69.9 Å². The number of rotatable bonds is 2. The molecular weight excluding hydrogens is 255 g/mol. The van der Waals surface area contributed by atoms with Crippen LogP contribution in [0.15, 0.2) is 53.0 Å². The Hall–Kier alpha value is -1.15. The standard InChI is InChI=1S/C13H10BrF/c14-12-8-4-7-11(13(12)15)9-10-5-2-1-3-6-10/h1-8H,9H2. The molecule has 0 unspecified atom stereocenters. The summed E-state index contributed by atoms with van der Waals surface area (Å²) in [5.74, 6) is -0.165. The van der Waals surface area contributed by atoms with E-state index >= 15 is 0 Å². The largest absolute Gasteiger partial charge is 0.205 e. The molecule has 0 aromatic heterocycles. The SMILES string of the molecule is Fc1c(Br)cccc1Cc1ccccc1. The lowest BCUT2D eigenvalue weighted by molar-refractivity contribution is 0.607. The van der Waals surface area contributed by atoms with E-state index in [1.807, 2.05) is 42.5 Å². The second-order valence-corrected chi connectivity index (χ2v) is 4.23. The Morgan fingerprint density at radius 2 is 1.67 bits per heavy atom. The molecule has 0 aliphatic rings. The van der Waals surface area contributed by atoms with Gasteiger partial charge in [0, 0.05) is 6.42 Å². The van der Waals surface area contributed by atoms with Crippen molar-refractivity contribution in [2.45, 2.75) is 6.42 Å². The molecule has 76 valence electrons. The highest BCUT2D eigenvalue weighted by Crippen LogP contribution is 2.20. The summed E-state index contributed by atoms with van der Waals surface area (Å²) in [7, 11) is 0. The van der Waals surface area contributed by atoms with Gasteiger partial charge in [-0.3, -0.25) is 0 Å². The second-order valence-electron chi connectivity index (χ2n) is 3.38. The Bertz CT molecular complexity index is 451. The Labute approximate surface area is 96.9 Å². The van der Waals surface area contributed by atoms with Crippen molar-refractivity contribution in [1.82, 2.24) is 0 Å². The minimum atomic E-state index is -0.165. The molecule has 0 fully saturated rings. The quantitative estimate of drug-likeness (QED) is 0.764. The van der Waals surface area contributed by atoms with Gasteiger partial charge in [0.2, 0.25) is 0 Å². The molecule has 0 heterocycles. The van der Waals surface area contributed by atoms with Crippen LogP contribution in [0, 0.1) is 5.82 Å². The van der Waals surface area contributed by atoms with Crippen LogP contribution in [-0.2, 0) is 6.42 Å². The highest BCUT2D eigenvalue weighted by atomic mass is 79.9. The molecule has 0 radical (unpaired) electrons. The third kappa shape index (κ3) is 2.45. The van der Waals surface area contributed by atoms with Crippen LogP contribution >= 0.6 is 15.9 Å². The van der Waals surface area contributed by atoms with Crippen molar-refractivity contribution in [3.63, 3.8) is 0 Å². The molecule has 2 heteroatoms. The Balaban J connectivity index is 2.29. The summed E-state index contributed by atoms with van der Waals surface area (Å²) in [5, 5.41) is 0. The molecular formula is C13H10BrF. The Morgan fingerprint density at radius 3 is 2.40 bits per heavy atom. The van der Waals surface area contributed by atoms with E-state index in [0.717, 1.165) is 11.1 Å². The summed E-state index contributed by atoms with van der Waals surface area (Å²) < 4.78 is 14.2. The minimum absolute atomic E-state index is 0.165. The maximum absolute atomic E-state index is 13.6. The van der Waals surface area contributed by atoms with Gasteiger partial charge in [-0.25, -0.2) is 4.39 Å². The molecule has 0 saturated heterocycles. The maximum Gasteiger partial charge on any atom is 0.140 e. The highest BCUT2D eigenvalue weighted by molar-refractivity contribution is 9.10. The molecule has 0 aliphatic heterocycles. The van der Waals surface area contributed by atoms with Crippen LogP contribution < -0.4 is 0 Å². The zero-order valence-electron chi connectivity index (χ0n) is 8.08. The lowest BCUT2D eigenvalue weighted by Crippen LogP contribution is -1.92. The monoisotopic (exact) mass is 264 g/mol. The molecule has 0 atom stereocenters. The predicted molar refractivity (Wildman–Crippen MR) is 63.3 cm³/mol. The Morgan fingerprint density at radius 1 is 0.933 bits per heavy atom. The average molecular weight is 265 g/mol. The van der Waals surface area contributed by atoms with Gasteiger partial charge in [0.25, 0.3) is 0 Å². The van der Waals surface area contributed by atoms with Crippen LogP contribution in [0.4, 0.5) is 4.39 Å². The summed E-state index contributed by atoms with van der Waals surface area (Å²) in [4.78, 5) is 0. The molecule has 2 aromatic carbocycles. The van der Waals surface area contributed by atoms with E-state index in [0.29, 0.717) is 10.9 Å². The summed E-state index contributed by atoms with van der Waals surface area (Å²) in [6.07, 6.45) is 0.631. The van der Waals surface area contributed by atoms with Crippen molar-refractivity contribution >= 4 is 15.9 Å². The fourth-order valence-corrected chi connectivity index (χ4v) is 1.91. The molecule has 0 bridgehead atoms. The van der Waals surface area contributed by atoms with Crippen molar-refractivity contribution < 1.29 is 4.39 Å². The van der Waals surface area contributed by atoms with Gasteiger partial charge < -0.3 is 0 Å². The van der Waals surface area contributed by atoms with Crippen molar-refractivity contribution in [1.29, 1.82) is 0 Å². The topological polar surface area (TPSA) is 0 Å². The van der Waals surface area contributed by atoms with Gasteiger partial charge in [-0.1, -0.05) is 42.5 Å². The highest BCUT2D eigenvalue weighted by Gasteiger charge is 2.05. The summed E-state index contributed by atoms with van der Waals surface area (Å²) in [5.41, 5.74) is 1.84. The molecule has 0 N–H and O–H groups in total. The van der Waals surface area contributed by atoms with Crippen LogP contribution in [0.2, 0.25) is 0 Å². The van der Waals surface area contributed by atoms with E-state index in [1.54, 1.807) is 6.07 Å². The molecule has 0 aliphatic carbocycles. The number of halogens is 2. The first-order valence-electron chi connectivity index (χ1n) is 4.74. The van der Waals surface area contributed by atoms with Crippen molar-refractivity contribution in [2.24, 2.45) is 0 Å². The van der Waals surface area contributed by atoms with Gasteiger partial charge in [0.15, 0.2) is 0 Å². The second kappa shape index (κ2) is 4.58. The summed E-state index contributed by atoms with van der Waals surface area (Å²) in [6.45, 7) is 0. The molecule has 2 aromatic rings. The molecule has 0 nitrogen and oxygen atoms in total. The normalized spacial score (nSPS) is 10.3. The van der Waals surface area contributed by atoms with Crippen molar-refractivity contribution in [2.75, 3.05) is 0 Å². The fraction of sp³-hybridized carbons (Fsp3) is 0.0769. The van der Waals surface area contributed by atoms with E-state index in [2.05, 4.69) is 15.9 Å². The van der Waals surface area contributed by atoms with E-state index in [1.165, 1.54) is 0 Å². The van der Waals surface area contributed by atoms with Crippen molar-refractivity contribution in [3.8, 4) is 0 Å². The number of benzene rings is 2. The van der Waals surface area contributed by atoms with E-state index in [-0.39, 0.29) is 5.82 Å². The predicted octanol–water partition coefficient (Wildman–Crippen LogP) is 4.18. The van der Waals surface area contributed by atoms with Gasteiger partial charge in [-0.2, -0.15) is 0 Å². The van der Waals surface area contributed by atoms with Gasteiger partial charge in [0.05, 0.1) is 4.47 Å². The summed E-state index contributed by atoms with van der Waals surface area (Å²) in [6, 6.07) is 15.3. The molecule has 15 heavy (non-hydrogen) atoms. The van der Waals surface area contributed by atoms with Gasteiger partial charge in [-0.15, -0.1) is 0 Å². The first kappa shape index (κ1) is 10.4. The van der Waals surface area contributed by atoms with Crippen LogP contribution in [0.25, 0.3) is 0 Å². The van der Waals surface area contributed by atoms with Crippen LogP contribution in [-0.4, -0.2) is 0 Å². The average Bonchev–Trinajstić information content (AvgIpc) is 2.26. The van der Waals surface area contributed by atoms with Crippen LogP contribution in [0.1, 0.15) is 11.1 Å².